The molecular formula is C14H25N5O2S. The zero-order valence-corrected chi connectivity index (χ0v) is 14.3. The second-order valence-electron chi connectivity index (χ2n) is 6.51. The smallest absolute Gasteiger partial charge is 0.344 e. The van der Waals surface area contributed by atoms with Crippen LogP contribution in [0.2, 0.25) is 0 Å². The maximum Gasteiger partial charge on any atom is 0.344 e. The fourth-order valence-electron chi connectivity index (χ4n) is 2.85. The lowest BCUT2D eigenvalue weighted by Gasteiger charge is -2.33. The molecule has 0 aromatic heterocycles. The Morgan fingerprint density at radius 3 is 2.64 bits per heavy atom. The molecule has 1 saturated heterocycles. The van der Waals surface area contributed by atoms with Gasteiger partial charge in [0.25, 0.3) is 5.91 Å². The Labute approximate surface area is 136 Å². The Bertz CT molecular complexity index is 460. The molecular weight excluding hydrogens is 302 g/mol. The fourth-order valence-corrected chi connectivity index (χ4v) is 3.04. The number of carbonyl (C=O) groups excluding carboxylic acids is 2. The first-order valence-corrected chi connectivity index (χ1v) is 8.11. The van der Waals surface area contributed by atoms with E-state index < -0.39 is 11.6 Å². The third-order valence-corrected chi connectivity index (χ3v) is 4.58. The van der Waals surface area contributed by atoms with Crippen LogP contribution in [0.3, 0.4) is 0 Å². The largest absolute Gasteiger partial charge is 0.360 e. The molecule has 124 valence electrons. The van der Waals surface area contributed by atoms with E-state index in [9.17, 15) is 9.59 Å². The van der Waals surface area contributed by atoms with Crippen molar-refractivity contribution in [1.29, 1.82) is 0 Å². The monoisotopic (exact) mass is 327 g/mol. The van der Waals surface area contributed by atoms with Crippen LogP contribution in [-0.4, -0.2) is 59.7 Å². The lowest BCUT2D eigenvalue weighted by Crippen LogP contribution is -2.53. The van der Waals surface area contributed by atoms with E-state index >= 15 is 0 Å². The second-order valence-corrected chi connectivity index (χ2v) is 6.91. The minimum Gasteiger partial charge on any atom is -0.360 e. The first-order valence-electron chi connectivity index (χ1n) is 7.70. The molecule has 0 bridgehead atoms. The molecule has 1 aliphatic carbocycles. The molecule has 2 fully saturated rings. The van der Waals surface area contributed by atoms with Crippen LogP contribution in [-0.2, 0) is 4.79 Å². The van der Waals surface area contributed by atoms with E-state index in [-0.39, 0.29) is 11.0 Å². The van der Waals surface area contributed by atoms with Gasteiger partial charge in [-0.3, -0.25) is 10.2 Å². The van der Waals surface area contributed by atoms with Crippen LogP contribution < -0.4 is 16.1 Å². The molecule has 3 amide bonds. The number of hydrogen-bond donors (Lipinski definition) is 3. The topological polar surface area (TPSA) is 76.7 Å². The molecule has 0 atom stereocenters. The van der Waals surface area contributed by atoms with Crippen LogP contribution in [0.15, 0.2) is 0 Å². The summed E-state index contributed by atoms with van der Waals surface area (Å²) in [5.41, 5.74) is 1.97. The summed E-state index contributed by atoms with van der Waals surface area (Å²) in [6.45, 7) is 3.63. The summed E-state index contributed by atoms with van der Waals surface area (Å²) < 4.78 is 0. The average Bonchev–Trinajstić information content (AvgIpc) is 2.67. The molecule has 2 aliphatic rings. The van der Waals surface area contributed by atoms with Gasteiger partial charge in [0.15, 0.2) is 5.11 Å². The zero-order valence-electron chi connectivity index (χ0n) is 13.4. The summed E-state index contributed by atoms with van der Waals surface area (Å²) in [7, 11) is 3.92. The molecule has 2 rings (SSSR count). The van der Waals surface area contributed by atoms with Gasteiger partial charge in [-0.2, -0.15) is 5.01 Å². The molecule has 8 heteroatoms. The van der Waals surface area contributed by atoms with E-state index in [1.54, 1.807) is 0 Å². The van der Waals surface area contributed by atoms with E-state index in [0.29, 0.717) is 25.3 Å². The molecule has 1 heterocycles. The fraction of sp³-hybridized carbons (Fsp3) is 0.786. The molecule has 22 heavy (non-hydrogen) atoms. The minimum absolute atomic E-state index is 0.221. The lowest BCUT2D eigenvalue weighted by atomic mass is 9.77. The van der Waals surface area contributed by atoms with E-state index in [4.69, 9.17) is 12.2 Å². The Kier molecular flexibility index (Phi) is 5.23. The summed E-state index contributed by atoms with van der Waals surface area (Å²) in [6, 6.07) is -0.420. The first-order chi connectivity index (χ1) is 10.3. The second kappa shape index (κ2) is 6.78. The number of hydrogen-bond acceptors (Lipinski definition) is 4. The summed E-state index contributed by atoms with van der Waals surface area (Å²) >= 11 is 5.14. The maximum absolute atomic E-state index is 12.6. The third-order valence-electron chi connectivity index (χ3n) is 4.35. The molecule has 0 unspecified atom stereocenters. The zero-order chi connectivity index (χ0) is 16.3. The van der Waals surface area contributed by atoms with E-state index in [1.165, 1.54) is 0 Å². The van der Waals surface area contributed by atoms with Crippen molar-refractivity contribution < 1.29 is 9.59 Å². The van der Waals surface area contributed by atoms with Gasteiger partial charge in [-0.1, -0.05) is 6.92 Å². The number of nitrogens with zero attached hydrogens (tertiary/aromatic N) is 2. The predicted octanol–water partition coefficient (Wildman–Crippen LogP) is 0.428. The molecule has 3 N–H and O–H groups in total. The van der Waals surface area contributed by atoms with Gasteiger partial charge in [-0.15, -0.1) is 0 Å². The van der Waals surface area contributed by atoms with Crippen LogP contribution in [0.1, 0.15) is 32.6 Å². The molecule has 1 spiro atoms. The number of nitrogens with one attached hydrogen (secondary N) is 3. The SMILES string of the molecule is CC1CCC2(CC1)NC(=O)N(NC(=S)NCCN(C)C)C2=O. The number of imide groups is 1. The minimum atomic E-state index is -0.740. The highest BCUT2D eigenvalue weighted by Crippen LogP contribution is 2.35. The van der Waals surface area contributed by atoms with E-state index in [1.807, 2.05) is 19.0 Å². The number of thiocarbonyl (C=S) groups is 1. The Hall–Kier alpha value is -1.41. The van der Waals surface area contributed by atoms with Crippen LogP contribution in [0.25, 0.3) is 0 Å². The summed E-state index contributed by atoms with van der Waals surface area (Å²) in [5, 5.41) is 7.13. The molecule has 0 radical (unpaired) electrons. The van der Waals surface area contributed by atoms with Crippen molar-refractivity contribution in [3.05, 3.63) is 0 Å². The van der Waals surface area contributed by atoms with Gasteiger partial charge >= 0.3 is 6.03 Å². The van der Waals surface area contributed by atoms with Crippen molar-refractivity contribution in [3.63, 3.8) is 0 Å². The van der Waals surface area contributed by atoms with Crippen LogP contribution in [0.4, 0.5) is 4.79 Å². The van der Waals surface area contributed by atoms with Crippen molar-refractivity contribution in [2.45, 2.75) is 38.1 Å². The van der Waals surface area contributed by atoms with Gasteiger partial charge in [0.05, 0.1) is 0 Å². The number of carbonyl (C=O) groups is 2. The molecule has 1 aliphatic heterocycles. The predicted molar refractivity (Wildman–Crippen MR) is 88.0 cm³/mol. The Balaban J connectivity index is 1.90. The van der Waals surface area contributed by atoms with Crippen LogP contribution in [0, 0.1) is 5.92 Å². The van der Waals surface area contributed by atoms with Gasteiger partial charge in [0.1, 0.15) is 5.54 Å². The lowest BCUT2D eigenvalue weighted by molar-refractivity contribution is -0.133. The summed E-state index contributed by atoms with van der Waals surface area (Å²) in [5.74, 6) is 0.382. The first kappa shape index (κ1) is 17.0. The number of hydrazine groups is 1. The van der Waals surface area contributed by atoms with Gasteiger partial charge in [-0.05, 0) is 57.9 Å². The highest BCUT2D eigenvalue weighted by molar-refractivity contribution is 7.80. The van der Waals surface area contributed by atoms with E-state index in [0.717, 1.165) is 24.4 Å². The van der Waals surface area contributed by atoms with Crippen molar-refractivity contribution >= 4 is 29.3 Å². The van der Waals surface area contributed by atoms with Crippen molar-refractivity contribution in [2.75, 3.05) is 27.2 Å². The molecule has 1 saturated carbocycles. The molecule has 7 nitrogen and oxygen atoms in total. The quantitative estimate of drug-likeness (QED) is 0.513. The molecule has 0 aromatic rings. The Morgan fingerprint density at radius 1 is 1.41 bits per heavy atom. The van der Waals surface area contributed by atoms with Crippen molar-refractivity contribution in [2.24, 2.45) is 5.92 Å². The Morgan fingerprint density at radius 2 is 2.05 bits per heavy atom. The van der Waals surface area contributed by atoms with Crippen LogP contribution >= 0.6 is 12.2 Å². The number of likely N-dealkylation sites (N-methyl/N-ethyl adjacent to an activating group) is 1. The van der Waals surface area contributed by atoms with Gasteiger partial charge in [-0.25, -0.2) is 4.79 Å². The third kappa shape index (κ3) is 3.67. The number of rotatable bonds is 4. The summed E-state index contributed by atoms with van der Waals surface area (Å²) in [6.07, 6.45) is 3.28. The normalized spacial score (nSPS) is 28.2. The van der Waals surface area contributed by atoms with Crippen molar-refractivity contribution in [3.8, 4) is 0 Å². The van der Waals surface area contributed by atoms with Crippen LogP contribution in [0.5, 0.6) is 0 Å². The maximum atomic E-state index is 12.6. The standard InChI is InChI=1S/C14H25N5O2S/c1-10-4-6-14(7-5-10)11(20)19(13(21)16-14)17-12(22)15-8-9-18(2)3/h10H,4-9H2,1-3H3,(H,16,21)(H2,15,17,22). The van der Waals surface area contributed by atoms with Gasteiger partial charge in [0.2, 0.25) is 0 Å². The number of urea groups is 1. The number of amides is 3. The summed E-state index contributed by atoms with van der Waals surface area (Å²) in [4.78, 5) is 26.7. The van der Waals surface area contributed by atoms with Gasteiger partial charge < -0.3 is 15.5 Å². The highest BCUT2D eigenvalue weighted by Gasteiger charge is 2.52. The van der Waals surface area contributed by atoms with Crippen molar-refractivity contribution in [1.82, 2.24) is 26.0 Å². The molecule has 0 aromatic carbocycles. The highest BCUT2D eigenvalue weighted by atomic mass is 32.1. The average molecular weight is 327 g/mol. The van der Waals surface area contributed by atoms with Gasteiger partial charge in [0, 0.05) is 13.1 Å². The van der Waals surface area contributed by atoms with E-state index in [2.05, 4.69) is 23.0 Å².